The average Bonchev–Trinajstić information content (AvgIpc) is 2.34. The van der Waals surface area contributed by atoms with Crippen LogP contribution in [0.3, 0.4) is 0 Å². The predicted octanol–water partition coefficient (Wildman–Crippen LogP) is 3.07. The lowest BCUT2D eigenvalue weighted by Gasteiger charge is -2.36. The van der Waals surface area contributed by atoms with E-state index in [-0.39, 0.29) is 15.5 Å². The molecule has 0 saturated heterocycles. The topological polar surface area (TPSA) is 90.2 Å². The Bertz CT molecular complexity index is 736. The van der Waals surface area contributed by atoms with Gasteiger partial charge in [0.1, 0.15) is 8.24 Å². The van der Waals surface area contributed by atoms with Crippen molar-refractivity contribution in [2.45, 2.75) is 63.2 Å². The normalized spacial score (nSPS) is 13.7. The fraction of sp³-hybridized carbons (Fsp3) is 0.562. The third kappa shape index (κ3) is 4.64. The zero-order chi connectivity index (χ0) is 18.3. The van der Waals surface area contributed by atoms with Crippen LogP contribution >= 0.6 is 0 Å². The molecule has 0 bridgehead atoms. The first-order valence-electron chi connectivity index (χ1n) is 7.42. The smallest absolute Gasteiger partial charge is 0.234 e. The number of nitriles is 1. The lowest BCUT2D eigenvalue weighted by molar-refractivity contribution is 0.0783. The zero-order valence-electron chi connectivity index (χ0n) is 14.9. The van der Waals surface area contributed by atoms with Gasteiger partial charge in [-0.3, -0.25) is 0 Å². The first-order chi connectivity index (χ1) is 10.1. The summed E-state index contributed by atoms with van der Waals surface area (Å²) in [6, 6.07) is 6.22. The van der Waals surface area contributed by atoms with Gasteiger partial charge in [0.15, 0.2) is 0 Å². The standard InChI is InChI=1S/C16H26N2O3SSi/c1-15(2,3)23(6,7)18-22(20,21)14-9-12(11-17)8-13(10-14)16(4,5)19/h8-10,18-19H,1-7H3. The minimum absolute atomic E-state index is 0.0125. The fourth-order valence-corrected chi connectivity index (χ4v) is 6.67. The van der Waals surface area contributed by atoms with Gasteiger partial charge in [0.2, 0.25) is 10.0 Å². The summed E-state index contributed by atoms with van der Waals surface area (Å²) in [6.07, 6.45) is 0. The van der Waals surface area contributed by atoms with E-state index in [9.17, 15) is 13.5 Å². The molecule has 5 nitrogen and oxygen atoms in total. The van der Waals surface area contributed by atoms with Crippen molar-refractivity contribution in [3.8, 4) is 6.07 Å². The predicted molar refractivity (Wildman–Crippen MR) is 93.9 cm³/mol. The second-order valence-corrected chi connectivity index (χ2v) is 14.9. The molecule has 0 spiro atoms. The van der Waals surface area contributed by atoms with Crippen molar-refractivity contribution in [2.24, 2.45) is 0 Å². The highest BCUT2D eigenvalue weighted by molar-refractivity contribution is 7.91. The van der Waals surface area contributed by atoms with Crippen LogP contribution < -0.4 is 4.39 Å². The summed E-state index contributed by atoms with van der Waals surface area (Å²) in [5.41, 5.74) is -0.624. The number of nitrogens with zero attached hydrogens (tertiary/aromatic N) is 1. The highest BCUT2D eigenvalue weighted by atomic mass is 32.2. The van der Waals surface area contributed by atoms with Crippen LogP contribution in [0.2, 0.25) is 18.1 Å². The van der Waals surface area contributed by atoms with Gasteiger partial charge in [0.25, 0.3) is 0 Å². The molecule has 0 fully saturated rings. The van der Waals surface area contributed by atoms with E-state index in [4.69, 9.17) is 5.26 Å². The third-order valence-electron chi connectivity index (χ3n) is 4.32. The van der Waals surface area contributed by atoms with E-state index in [1.807, 2.05) is 39.9 Å². The molecular formula is C16H26N2O3SSi. The van der Waals surface area contributed by atoms with E-state index in [0.29, 0.717) is 5.56 Å². The lowest BCUT2D eigenvalue weighted by Crippen LogP contribution is -2.54. The molecule has 0 aliphatic heterocycles. The number of sulfonamides is 1. The molecule has 0 saturated carbocycles. The Morgan fingerprint density at radius 3 is 2.04 bits per heavy atom. The molecule has 1 aromatic carbocycles. The fourth-order valence-electron chi connectivity index (χ4n) is 1.72. The molecule has 1 rings (SSSR count). The minimum atomic E-state index is -3.77. The van der Waals surface area contributed by atoms with Gasteiger partial charge in [-0.2, -0.15) is 5.26 Å². The quantitative estimate of drug-likeness (QED) is 0.813. The van der Waals surface area contributed by atoms with E-state index in [1.165, 1.54) is 18.2 Å². The van der Waals surface area contributed by atoms with Gasteiger partial charge in [-0.15, -0.1) is 0 Å². The molecule has 128 valence electrons. The molecule has 0 amide bonds. The van der Waals surface area contributed by atoms with E-state index in [1.54, 1.807) is 13.8 Å². The molecule has 0 aromatic heterocycles. The van der Waals surface area contributed by atoms with Crippen molar-refractivity contribution >= 4 is 18.3 Å². The lowest BCUT2D eigenvalue weighted by atomic mass is 9.97. The Morgan fingerprint density at radius 2 is 1.65 bits per heavy atom. The van der Waals surface area contributed by atoms with Gasteiger partial charge < -0.3 is 5.11 Å². The van der Waals surface area contributed by atoms with Crippen molar-refractivity contribution in [3.05, 3.63) is 29.3 Å². The monoisotopic (exact) mass is 354 g/mol. The number of hydrogen-bond donors (Lipinski definition) is 2. The third-order valence-corrected chi connectivity index (χ3v) is 12.0. The highest BCUT2D eigenvalue weighted by Crippen LogP contribution is 2.35. The van der Waals surface area contributed by atoms with Gasteiger partial charge >= 0.3 is 0 Å². The van der Waals surface area contributed by atoms with Crippen LogP contribution in [0.4, 0.5) is 0 Å². The van der Waals surface area contributed by atoms with Gasteiger partial charge in [0.05, 0.1) is 22.1 Å². The Balaban J connectivity index is 3.43. The van der Waals surface area contributed by atoms with Crippen LogP contribution in [0.15, 0.2) is 23.1 Å². The van der Waals surface area contributed by atoms with Crippen LogP contribution in [-0.2, 0) is 15.6 Å². The van der Waals surface area contributed by atoms with Crippen LogP contribution in [0.1, 0.15) is 45.7 Å². The van der Waals surface area contributed by atoms with E-state index >= 15 is 0 Å². The number of benzene rings is 1. The molecule has 2 N–H and O–H groups in total. The maximum absolute atomic E-state index is 12.8. The number of nitrogens with one attached hydrogen (secondary N) is 1. The van der Waals surface area contributed by atoms with E-state index in [0.717, 1.165) is 0 Å². The van der Waals surface area contributed by atoms with Gasteiger partial charge in [-0.25, -0.2) is 12.8 Å². The average molecular weight is 355 g/mol. The maximum Gasteiger partial charge on any atom is 0.234 e. The van der Waals surface area contributed by atoms with Crippen molar-refractivity contribution in [3.63, 3.8) is 0 Å². The Kier molecular flexibility index (Phi) is 5.19. The molecule has 0 atom stereocenters. The molecule has 0 aliphatic carbocycles. The molecule has 1 aromatic rings. The van der Waals surface area contributed by atoms with Gasteiger partial charge in [-0.05, 0) is 42.6 Å². The van der Waals surface area contributed by atoms with Crippen molar-refractivity contribution in [1.82, 2.24) is 4.39 Å². The summed E-state index contributed by atoms with van der Waals surface area (Å²) in [6.45, 7) is 13.1. The first-order valence-corrected chi connectivity index (χ1v) is 11.9. The summed E-state index contributed by atoms with van der Waals surface area (Å²) in [7, 11) is -6.06. The highest BCUT2D eigenvalue weighted by Gasteiger charge is 2.39. The Morgan fingerprint density at radius 1 is 1.13 bits per heavy atom. The van der Waals surface area contributed by atoms with Crippen molar-refractivity contribution in [1.29, 1.82) is 5.26 Å². The Labute approximate surface area is 140 Å². The summed E-state index contributed by atoms with van der Waals surface area (Å²) in [4.78, 5) is 0.0125. The van der Waals surface area contributed by atoms with Crippen LogP contribution in [0.25, 0.3) is 0 Å². The van der Waals surface area contributed by atoms with Crippen molar-refractivity contribution < 1.29 is 13.5 Å². The second-order valence-electron chi connectivity index (χ2n) is 7.90. The van der Waals surface area contributed by atoms with Crippen LogP contribution in [-0.4, -0.2) is 21.8 Å². The van der Waals surface area contributed by atoms with E-state index in [2.05, 4.69) is 4.39 Å². The molecule has 0 aliphatic rings. The summed E-state index contributed by atoms with van der Waals surface area (Å²) in [5, 5.41) is 19.1. The molecular weight excluding hydrogens is 328 g/mol. The number of hydrogen-bond acceptors (Lipinski definition) is 4. The molecule has 0 heterocycles. The van der Waals surface area contributed by atoms with Crippen LogP contribution in [0, 0.1) is 11.3 Å². The van der Waals surface area contributed by atoms with E-state index < -0.39 is 23.9 Å². The number of rotatable bonds is 4. The largest absolute Gasteiger partial charge is 0.386 e. The summed E-state index contributed by atoms with van der Waals surface area (Å²) >= 11 is 0. The molecule has 0 radical (unpaired) electrons. The maximum atomic E-state index is 12.8. The minimum Gasteiger partial charge on any atom is -0.386 e. The molecule has 23 heavy (non-hydrogen) atoms. The SMILES string of the molecule is CC(C)(O)c1cc(C#N)cc(S(=O)(=O)N[Si](C)(C)C(C)(C)C)c1. The summed E-state index contributed by atoms with van der Waals surface area (Å²) < 4.78 is 28.4. The zero-order valence-corrected chi connectivity index (χ0v) is 16.7. The Hall–Kier alpha value is -1.20. The van der Waals surface area contributed by atoms with Gasteiger partial charge in [0, 0.05) is 0 Å². The molecule has 0 unspecified atom stereocenters. The number of aliphatic hydroxyl groups is 1. The summed E-state index contributed by atoms with van der Waals surface area (Å²) in [5.74, 6) is 0. The van der Waals surface area contributed by atoms with Crippen molar-refractivity contribution in [2.75, 3.05) is 0 Å². The first kappa shape index (κ1) is 19.8. The van der Waals surface area contributed by atoms with Gasteiger partial charge in [-0.1, -0.05) is 33.9 Å². The van der Waals surface area contributed by atoms with Crippen LogP contribution in [0.5, 0.6) is 0 Å². The molecule has 7 heteroatoms. The second kappa shape index (κ2) is 6.02.